The molecule has 15 heavy (non-hydrogen) atoms. The van der Waals surface area contributed by atoms with E-state index in [0.717, 1.165) is 12.5 Å². The van der Waals surface area contributed by atoms with Gasteiger partial charge in [0.2, 0.25) is 0 Å². The highest BCUT2D eigenvalue weighted by molar-refractivity contribution is 5.32. The first-order chi connectivity index (χ1) is 7.25. The quantitative estimate of drug-likeness (QED) is 0.730. The topological polar surface area (TPSA) is 32.3 Å². The second-order valence-corrected chi connectivity index (χ2v) is 4.18. The van der Waals surface area contributed by atoms with Crippen LogP contribution in [0.15, 0.2) is 18.2 Å². The number of halogens is 1. The summed E-state index contributed by atoms with van der Waals surface area (Å²) >= 11 is 0. The van der Waals surface area contributed by atoms with Crippen LogP contribution in [-0.4, -0.2) is 11.7 Å². The van der Waals surface area contributed by atoms with E-state index in [4.69, 9.17) is 0 Å². The fourth-order valence-corrected chi connectivity index (χ4v) is 1.63. The molecule has 1 saturated carbocycles. The SMILES string of the molecule is Oc1ccc(F)cc1CNCCC1CC1. The maximum absolute atomic E-state index is 12.9. The lowest BCUT2D eigenvalue weighted by molar-refractivity contribution is 0.460. The third-order valence-electron chi connectivity index (χ3n) is 2.78. The van der Waals surface area contributed by atoms with Crippen LogP contribution in [0.5, 0.6) is 5.75 Å². The number of phenols is 1. The highest BCUT2D eigenvalue weighted by Gasteiger charge is 2.19. The average Bonchev–Trinajstić information content (AvgIpc) is 3.01. The van der Waals surface area contributed by atoms with Crippen molar-refractivity contribution in [2.75, 3.05) is 6.54 Å². The minimum absolute atomic E-state index is 0.162. The first kappa shape index (κ1) is 10.4. The van der Waals surface area contributed by atoms with Crippen molar-refractivity contribution >= 4 is 0 Å². The number of hydrogen-bond acceptors (Lipinski definition) is 2. The summed E-state index contributed by atoms with van der Waals surface area (Å²) in [5.41, 5.74) is 0.630. The molecule has 0 amide bonds. The van der Waals surface area contributed by atoms with Gasteiger partial charge in [-0.3, -0.25) is 0 Å². The molecule has 0 heterocycles. The van der Waals surface area contributed by atoms with Crippen molar-refractivity contribution in [3.8, 4) is 5.75 Å². The van der Waals surface area contributed by atoms with E-state index in [1.54, 1.807) is 0 Å². The second-order valence-electron chi connectivity index (χ2n) is 4.18. The van der Waals surface area contributed by atoms with E-state index in [1.165, 1.54) is 37.5 Å². The third-order valence-corrected chi connectivity index (χ3v) is 2.78. The highest BCUT2D eigenvalue weighted by Crippen LogP contribution is 2.31. The Morgan fingerprint density at radius 1 is 1.40 bits per heavy atom. The van der Waals surface area contributed by atoms with Crippen LogP contribution < -0.4 is 5.32 Å². The van der Waals surface area contributed by atoms with Gasteiger partial charge in [-0.1, -0.05) is 12.8 Å². The second kappa shape index (κ2) is 4.62. The van der Waals surface area contributed by atoms with Crippen LogP contribution in [0.1, 0.15) is 24.8 Å². The van der Waals surface area contributed by atoms with Crippen LogP contribution in [0.25, 0.3) is 0 Å². The molecule has 0 unspecified atom stereocenters. The number of phenolic OH excluding ortho intramolecular Hbond substituents is 1. The zero-order chi connectivity index (χ0) is 10.7. The smallest absolute Gasteiger partial charge is 0.123 e. The summed E-state index contributed by atoms with van der Waals surface area (Å²) < 4.78 is 12.9. The number of rotatable bonds is 5. The molecule has 2 nitrogen and oxygen atoms in total. The molecule has 1 aromatic carbocycles. The molecule has 0 aromatic heterocycles. The zero-order valence-corrected chi connectivity index (χ0v) is 8.67. The minimum Gasteiger partial charge on any atom is -0.508 e. The van der Waals surface area contributed by atoms with E-state index >= 15 is 0 Å². The lowest BCUT2D eigenvalue weighted by Crippen LogP contribution is -2.15. The molecular weight excluding hydrogens is 193 g/mol. The van der Waals surface area contributed by atoms with Gasteiger partial charge in [-0.2, -0.15) is 0 Å². The Morgan fingerprint density at radius 2 is 2.20 bits per heavy atom. The van der Waals surface area contributed by atoms with E-state index in [2.05, 4.69) is 5.32 Å². The molecule has 2 rings (SSSR count). The van der Waals surface area contributed by atoms with Crippen LogP contribution in [-0.2, 0) is 6.54 Å². The van der Waals surface area contributed by atoms with Crippen molar-refractivity contribution in [2.45, 2.75) is 25.8 Å². The molecule has 0 spiro atoms. The molecule has 0 saturated heterocycles. The monoisotopic (exact) mass is 209 g/mol. The van der Waals surface area contributed by atoms with E-state index < -0.39 is 0 Å². The van der Waals surface area contributed by atoms with Gasteiger partial charge in [0.1, 0.15) is 11.6 Å². The molecule has 1 aromatic rings. The largest absolute Gasteiger partial charge is 0.508 e. The summed E-state index contributed by atoms with van der Waals surface area (Å²) in [7, 11) is 0. The maximum Gasteiger partial charge on any atom is 0.123 e. The summed E-state index contributed by atoms with van der Waals surface area (Å²) in [5.74, 6) is 0.765. The molecule has 3 heteroatoms. The van der Waals surface area contributed by atoms with Gasteiger partial charge in [-0.05, 0) is 37.1 Å². The van der Waals surface area contributed by atoms with Crippen molar-refractivity contribution in [3.05, 3.63) is 29.6 Å². The standard InChI is InChI=1S/C12H16FNO/c13-11-3-4-12(15)10(7-11)8-14-6-5-9-1-2-9/h3-4,7,9,14-15H,1-2,5-6,8H2. The number of aromatic hydroxyl groups is 1. The molecule has 0 radical (unpaired) electrons. The van der Waals surface area contributed by atoms with Gasteiger partial charge >= 0.3 is 0 Å². The average molecular weight is 209 g/mol. The van der Waals surface area contributed by atoms with Gasteiger partial charge in [0.25, 0.3) is 0 Å². The molecular formula is C12H16FNO. The Labute approximate surface area is 89.1 Å². The Balaban J connectivity index is 1.78. The van der Waals surface area contributed by atoms with Crippen molar-refractivity contribution in [1.29, 1.82) is 0 Å². The van der Waals surface area contributed by atoms with E-state index in [0.29, 0.717) is 12.1 Å². The molecule has 1 fully saturated rings. The van der Waals surface area contributed by atoms with Gasteiger partial charge < -0.3 is 10.4 Å². The van der Waals surface area contributed by atoms with Crippen LogP contribution in [0, 0.1) is 11.7 Å². The maximum atomic E-state index is 12.9. The summed E-state index contributed by atoms with van der Waals surface area (Å²) in [6.45, 7) is 1.48. The predicted molar refractivity (Wildman–Crippen MR) is 57.1 cm³/mol. The molecule has 82 valence electrons. The molecule has 0 bridgehead atoms. The fourth-order valence-electron chi connectivity index (χ4n) is 1.63. The third kappa shape index (κ3) is 3.20. The molecule has 1 aliphatic carbocycles. The van der Waals surface area contributed by atoms with Gasteiger partial charge in [-0.15, -0.1) is 0 Å². The lowest BCUT2D eigenvalue weighted by atomic mass is 10.2. The Bertz CT molecular complexity index is 336. The molecule has 1 aliphatic rings. The fraction of sp³-hybridized carbons (Fsp3) is 0.500. The number of hydrogen-bond donors (Lipinski definition) is 2. The van der Waals surface area contributed by atoms with E-state index in [9.17, 15) is 9.50 Å². The summed E-state index contributed by atoms with van der Waals surface area (Å²) in [5, 5.41) is 12.7. The molecule has 0 atom stereocenters. The van der Waals surface area contributed by atoms with Crippen molar-refractivity contribution < 1.29 is 9.50 Å². The molecule has 0 aliphatic heterocycles. The summed E-state index contributed by atoms with van der Waals surface area (Å²) in [4.78, 5) is 0. The van der Waals surface area contributed by atoms with E-state index in [1.807, 2.05) is 0 Å². The van der Waals surface area contributed by atoms with Crippen LogP contribution in [0.3, 0.4) is 0 Å². The summed E-state index contributed by atoms with van der Waals surface area (Å²) in [6, 6.07) is 4.04. The van der Waals surface area contributed by atoms with Gasteiger partial charge in [0.15, 0.2) is 0 Å². The normalized spacial score (nSPS) is 15.5. The van der Waals surface area contributed by atoms with Gasteiger partial charge in [-0.25, -0.2) is 4.39 Å². The van der Waals surface area contributed by atoms with Gasteiger partial charge in [0.05, 0.1) is 0 Å². The Morgan fingerprint density at radius 3 is 2.93 bits per heavy atom. The minimum atomic E-state index is -0.299. The number of nitrogens with one attached hydrogen (secondary N) is 1. The highest BCUT2D eigenvalue weighted by atomic mass is 19.1. The Hall–Kier alpha value is -1.09. The Kier molecular flexibility index (Phi) is 3.21. The van der Waals surface area contributed by atoms with Crippen molar-refractivity contribution in [1.82, 2.24) is 5.32 Å². The van der Waals surface area contributed by atoms with Crippen LogP contribution in [0.2, 0.25) is 0 Å². The first-order valence-electron chi connectivity index (χ1n) is 5.44. The van der Waals surface area contributed by atoms with Crippen LogP contribution >= 0.6 is 0 Å². The number of benzene rings is 1. The summed E-state index contributed by atoms with van der Waals surface area (Å²) in [6.07, 6.45) is 3.90. The van der Waals surface area contributed by atoms with Gasteiger partial charge in [0, 0.05) is 12.1 Å². The first-order valence-corrected chi connectivity index (χ1v) is 5.44. The predicted octanol–water partition coefficient (Wildman–Crippen LogP) is 2.42. The zero-order valence-electron chi connectivity index (χ0n) is 8.67. The van der Waals surface area contributed by atoms with Crippen LogP contribution in [0.4, 0.5) is 4.39 Å². The van der Waals surface area contributed by atoms with E-state index in [-0.39, 0.29) is 11.6 Å². The van der Waals surface area contributed by atoms with Crippen molar-refractivity contribution in [2.24, 2.45) is 5.92 Å². The molecule has 2 N–H and O–H groups in total. The van der Waals surface area contributed by atoms with Crippen molar-refractivity contribution in [3.63, 3.8) is 0 Å². The lowest BCUT2D eigenvalue weighted by Gasteiger charge is -2.06.